The van der Waals surface area contributed by atoms with E-state index in [4.69, 9.17) is 20.4 Å². The molecule has 0 aromatic carbocycles. The summed E-state index contributed by atoms with van der Waals surface area (Å²) in [6.07, 6.45) is 23.1. The maximum absolute atomic E-state index is 4.70. The van der Waals surface area contributed by atoms with Crippen LogP contribution in [0.3, 0.4) is 0 Å². The first kappa shape index (κ1) is 22.3. The Hall–Kier alpha value is 1.24. The van der Waals surface area contributed by atoms with Gasteiger partial charge in [-0.25, -0.2) is 0 Å². The fourth-order valence-electron chi connectivity index (χ4n) is 3.99. The summed E-state index contributed by atoms with van der Waals surface area (Å²) in [5, 5.41) is 0. The number of halogens is 2. The van der Waals surface area contributed by atoms with Gasteiger partial charge in [0.05, 0.1) is 0 Å². The molecule has 0 aromatic heterocycles. The second-order valence-corrected chi connectivity index (χ2v) is 11.9. The SMILES string of the molecule is CC(C)CC=CCP(C1CCCCC1)C1CCCCC1.[Cl][Ni][Cl]. The molecule has 2 rings (SSSR count). The Morgan fingerprint density at radius 2 is 1.30 bits per heavy atom. The molecular formula is C19H35Cl2NiP. The summed E-state index contributed by atoms with van der Waals surface area (Å²) in [5.41, 5.74) is 2.23. The number of rotatable bonds is 6. The van der Waals surface area contributed by atoms with E-state index in [1.54, 1.807) is 25.7 Å². The molecule has 0 nitrogen and oxygen atoms in total. The van der Waals surface area contributed by atoms with Gasteiger partial charge in [-0.2, -0.15) is 0 Å². The molecule has 2 fully saturated rings. The predicted molar refractivity (Wildman–Crippen MR) is 106 cm³/mol. The molecule has 0 atom stereocenters. The van der Waals surface area contributed by atoms with Crippen molar-refractivity contribution in [2.24, 2.45) is 5.92 Å². The molecule has 0 aliphatic heterocycles. The van der Waals surface area contributed by atoms with Gasteiger partial charge in [0.2, 0.25) is 0 Å². The van der Waals surface area contributed by atoms with Crippen LogP contribution in [0.2, 0.25) is 0 Å². The zero-order valence-electron chi connectivity index (χ0n) is 14.9. The number of hydrogen-bond donors (Lipinski definition) is 0. The van der Waals surface area contributed by atoms with Crippen LogP contribution < -0.4 is 0 Å². The van der Waals surface area contributed by atoms with Gasteiger partial charge in [0.15, 0.2) is 0 Å². The third-order valence-electron chi connectivity index (χ3n) is 5.18. The Morgan fingerprint density at radius 1 is 0.870 bits per heavy atom. The molecule has 0 N–H and O–H groups in total. The Balaban J connectivity index is 0.000000816. The van der Waals surface area contributed by atoms with Crippen molar-refractivity contribution in [3.63, 3.8) is 0 Å². The van der Waals surface area contributed by atoms with Crippen LogP contribution >= 0.6 is 28.3 Å². The molecule has 4 heteroatoms. The minimum atomic E-state index is 0.285. The van der Waals surface area contributed by atoms with Gasteiger partial charge in [0.1, 0.15) is 0 Å². The van der Waals surface area contributed by atoms with E-state index in [0.717, 1.165) is 17.2 Å². The van der Waals surface area contributed by atoms with Crippen LogP contribution in [0.5, 0.6) is 0 Å². The van der Waals surface area contributed by atoms with E-state index in [9.17, 15) is 0 Å². The summed E-state index contributed by atoms with van der Waals surface area (Å²) < 4.78 is 0. The van der Waals surface area contributed by atoms with E-state index in [1.165, 1.54) is 51.1 Å². The first-order chi connectivity index (χ1) is 11.2. The summed E-state index contributed by atoms with van der Waals surface area (Å²) in [7, 11) is 9.69. The molecule has 140 valence electrons. The molecular weight excluding hydrogens is 389 g/mol. The van der Waals surface area contributed by atoms with E-state index in [2.05, 4.69) is 26.0 Å². The zero-order valence-corrected chi connectivity index (χ0v) is 18.3. The minimum absolute atomic E-state index is 0.285. The first-order valence-electron chi connectivity index (χ1n) is 9.42. The summed E-state index contributed by atoms with van der Waals surface area (Å²) >= 11 is 0.569. The van der Waals surface area contributed by atoms with Crippen molar-refractivity contribution < 1.29 is 12.7 Å². The molecule has 2 aliphatic rings. The summed E-state index contributed by atoms with van der Waals surface area (Å²) in [6, 6.07) is 0. The molecule has 0 radical (unpaired) electrons. The van der Waals surface area contributed by atoms with Crippen molar-refractivity contribution in [3.05, 3.63) is 12.2 Å². The van der Waals surface area contributed by atoms with Crippen LogP contribution in [0.25, 0.3) is 0 Å². The third-order valence-corrected chi connectivity index (χ3v) is 8.72. The quantitative estimate of drug-likeness (QED) is 0.230. The van der Waals surface area contributed by atoms with Crippen molar-refractivity contribution in [3.8, 4) is 0 Å². The fraction of sp³-hybridized carbons (Fsp3) is 0.895. The Bertz CT molecular complexity index is 280. The average Bonchev–Trinajstić information content (AvgIpc) is 2.57. The van der Waals surface area contributed by atoms with Gasteiger partial charge >= 0.3 is 33.0 Å². The molecule has 0 aromatic rings. The molecule has 0 bridgehead atoms. The molecule has 0 heterocycles. The standard InChI is InChI=1S/C19H35P.2ClH.Ni/c1-17(2)11-9-10-16-20(18-12-5-3-6-13-18)19-14-7-4-8-15-19;;;/h9-10,17-19H,3-8,11-16H2,1-2H3;2*1H;/q;;;+2/p-2. The van der Waals surface area contributed by atoms with Crippen LogP contribution in [0.15, 0.2) is 12.2 Å². The van der Waals surface area contributed by atoms with Gasteiger partial charge in [-0.3, -0.25) is 0 Å². The molecule has 0 unspecified atom stereocenters. The van der Waals surface area contributed by atoms with Crippen LogP contribution in [-0.4, -0.2) is 17.5 Å². The zero-order chi connectivity index (χ0) is 16.9. The van der Waals surface area contributed by atoms with E-state index < -0.39 is 0 Å². The fourth-order valence-corrected chi connectivity index (χ4v) is 7.63. The molecule has 0 saturated heterocycles. The summed E-state index contributed by atoms with van der Waals surface area (Å²) in [4.78, 5) is 0. The normalized spacial score (nSPS) is 21.1. The predicted octanol–water partition coefficient (Wildman–Crippen LogP) is 8.11. The summed E-state index contributed by atoms with van der Waals surface area (Å²) in [5.74, 6) is 0.821. The third kappa shape index (κ3) is 10.1. The van der Waals surface area contributed by atoms with Crippen LogP contribution in [0, 0.1) is 5.92 Å². The summed E-state index contributed by atoms with van der Waals surface area (Å²) in [6.45, 7) is 4.66. The van der Waals surface area contributed by atoms with E-state index in [-0.39, 0.29) is 7.92 Å². The van der Waals surface area contributed by atoms with Gasteiger partial charge in [0, 0.05) is 0 Å². The van der Waals surface area contributed by atoms with Gasteiger partial charge in [-0.05, 0) is 55.5 Å². The molecule has 2 saturated carbocycles. The van der Waals surface area contributed by atoms with E-state index in [0.29, 0.717) is 12.7 Å². The Kier molecular flexibility index (Phi) is 14.0. The number of allylic oxidation sites excluding steroid dienone is 2. The van der Waals surface area contributed by atoms with Crippen molar-refractivity contribution >= 4 is 28.3 Å². The van der Waals surface area contributed by atoms with Crippen LogP contribution in [-0.2, 0) is 12.7 Å². The second-order valence-electron chi connectivity index (χ2n) is 7.43. The van der Waals surface area contributed by atoms with Gasteiger partial charge in [0.25, 0.3) is 0 Å². The van der Waals surface area contributed by atoms with Crippen LogP contribution in [0.4, 0.5) is 0 Å². The maximum atomic E-state index is 4.70. The van der Waals surface area contributed by atoms with Gasteiger partial charge in [-0.1, -0.05) is 72.4 Å². The van der Waals surface area contributed by atoms with E-state index in [1.807, 2.05) is 0 Å². The van der Waals surface area contributed by atoms with Crippen LogP contribution in [0.1, 0.15) is 84.5 Å². The monoisotopic (exact) mass is 422 g/mol. The Morgan fingerprint density at radius 3 is 1.70 bits per heavy atom. The van der Waals surface area contributed by atoms with Crippen molar-refractivity contribution in [2.75, 3.05) is 6.16 Å². The average molecular weight is 424 g/mol. The Labute approximate surface area is 160 Å². The van der Waals surface area contributed by atoms with Gasteiger partial charge in [-0.15, -0.1) is 0 Å². The van der Waals surface area contributed by atoms with Crippen molar-refractivity contribution in [1.82, 2.24) is 0 Å². The molecule has 0 amide bonds. The van der Waals surface area contributed by atoms with E-state index >= 15 is 0 Å². The number of hydrogen-bond acceptors (Lipinski definition) is 0. The molecule has 23 heavy (non-hydrogen) atoms. The second kappa shape index (κ2) is 14.4. The topological polar surface area (TPSA) is 0 Å². The van der Waals surface area contributed by atoms with Crippen molar-refractivity contribution in [2.45, 2.75) is 95.8 Å². The van der Waals surface area contributed by atoms with Crippen molar-refractivity contribution in [1.29, 1.82) is 0 Å². The molecule has 0 spiro atoms. The van der Waals surface area contributed by atoms with Gasteiger partial charge < -0.3 is 0 Å². The first-order valence-corrected chi connectivity index (χ1v) is 13.8. The molecule has 2 aliphatic carbocycles.